The number of nitrogens with zero attached hydrogens (tertiary/aromatic N) is 2. The Balaban J connectivity index is 2.11. The molecule has 8 heteroatoms. The van der Waals surface area contributed by atoms with E-state index >= 15 is 0 Å². The summed E-state index contributed by atoms with van der Waals surface area (Å²) in [5.41, 5.74) is -0.0520. The summed E-state index contributed by atoms with van der Waals surface area (Å²) in [5.74, 6) is -1.96. The lowest BCUT2D eigenvalue weighted by atomic mass is 10.2. The van der Waals surface area contributed by atoms with Crippen LogP contribution in [-0.2, 0) is 0 Å². The van der Waals surface area contributed by atoms with Crippen molar-refractivity contribution >= 4 is 23.4 Å². The monoisotopic (exact) mass is 276 g/mol. The number of halogens is 1. The van der Waals surface area contributed by atoms with Crippen molar-refractivity contribution < 1.29 is 19.1 Å². The molecular formula is C12H9FN4O3. The molecule has 0 saturated heterocycles. The lowest BCUT2D eigenvalue weighted by Gasteiger charge is -2.08. The highest BCUT2D eigenvalue weighted by molar-refractivity contribution is 6.00. The van der Waals surface area contributed by atoms with Gasteiger partial charge in [0.2, 0.25) is 0 Å². The first-order valence-corrected chi connectivity index (χ1v) is 5.42. The van der Waals surface area contributed by atoms with Crippen molar-refractivity contribution in [1.29, 1.82) is 0 Å². The first-order valence-electron chi connectivity index (χ1n) is 5.42. The zero-order valence-electron chi connectivity index (χ0n) is 10.0. The standard InChI is InChI=1S/C12H9FN4O3/c13-9-2-1-7(11(18)19)3-10(9)17-12(20)16-8-4-14-6-15-5-8/h1-6H,(H,18,19)(H2,16,17,20). The predicted molar refractivity (Wildman–Crippen MR) is 68.0 cm³/mol. The summed E-state index contributed by atoms with van der Waals surface area (Å²) >= 11 is 0. The molecule has 20 heavy (non-hydrogen) atoms. The molecule has 0 aliphatic heterocycles. The van der Waals surface area contributed by atoms with Crippen LogP contribution >= 0.6 is 0 Å². The SMILES string of the molecule is O=C(Nc1cncnc1)Nc1cc(C(=O)O)ccc1F. The first kappa shape index (κ1) is 13.4. The van der Waals surface area contributed by atoms with E-state index in [1.165, 1.54) is 18.7 Å². The number of urea groups is 1. The molecule has 0 bridgehead atoms. The molecule has 3 N–H and O–H groups in total. The largest absolute Gasteiger partial charge is 0.478 e. The lowest BCUT2D eigenvalue weighted by Crippen LogP contribution is -2.20. The van der Waals surface area contributed by atoms with Gasteiger partial charge in [-0.05, 0) is 18.2 Å². The quantitative estimate of drug-likeness (QED) is 0.794. The Morgan fingerprint density at radius 3 is 2.50 bits per heavy atom. The number of carbonyl (C=O) groups is 2. The van der Waals surface area contributed by atoms with Gasteiger partial charge in [-0.2, -0.15) is 0 Å². The number of amides is 2. The molecule has 2 rings (SSSR count). The Hall–Kier alpha value is -3.03. The van der Waals surface area contributed by atoms with Gasteiger partial charge < -0.3 is 15.7 Å². The summed E-state index contributed by atoms with van der Waals surface area (Å²) in [5, 5.41) is 13.4. The average Bonchev–Trinajstić information content (AvgIpc) is 2.42. The Labute approximate surface area is 112 Å². The van der Waals surface area contributed by atoms with Gasteiger partial charge in [-0.25, -0.2) is 23.9 Å². The van der Waals surface area contributed by atoms with E-state index in [0.29, 0.717) is 5.69 Å². The molecule has 7 nitrogen and oxygen atoms in total. The maximum Gasteiger partial charge on any atom is 0.335 e. The third-order valence-electron chi connectivity index (χ3n) is 2.28. The van der Waals surface area contributed by atoms with Crippen LogP contribution in [0.2, 0.25) is 0 Å². The van der Waals surface area contributed by atoms with Gasteiger partial charge in [0, 0.05) is 0 Å². The molecule has 0 unspecified atom stereocenters. The Bertz CT molecular complexity index is 648. The molecule has 1 heterocycles. The van der Waals surface area contributed by atoms with E-state index in [2.05, 4.69) is 20.6 Å². The minimum Gasteiger partial charge on any atom is -0.478 e. The summed E-state index contributed by atoms with van der Waals surface area (Å²) in [7, 11) is 0. The molecule has 1 aromatic carbocycles. The van der Waals surface area contributed by atoms with Crippen molar-refractivity contribution in [3.63, 3.8) is 0 Å². The van der Waals surface area contributed by atoms with E-state index < -0.39 is 17.8 Å². The highest BCUT2D eigenvalue weighted by Crippen LogP contribution is 2.16. The number of aromatic nitrogens is 2. The minimum atomic E-state index is -1.22. The molecule has 102 valence electrons. The number of rotatable bonds is 3. The number of aromatic carboxylic acids is 1. The van der Waals surface area contributed by atoms with Gasteiger partial charge in [0.25, 0.3) is 0 Å². The number of anilines is 2. The maximum absolute atomic E-state index is 13.5. The fourth-order valence-corrected chi connectivity index (χ4v) is 1.40. The molecule has 0 saturated carbocycles. The van der Waals surface area contributed by atoms with Gasteiger partial charge in [0.15, 0.2) is 0 Å². The number of hydrogen-bond donors (Lipinski definition) is 3. The van der Waals surface area contributed by atoms with Crippen LogP contribution < -0.4 is 10.6 Å². The van der Waals surface area contributed by atoms with Crippen LogP contribution in [-0.4, -0.2) is 27.1 Å². The molecule has 0 aliphatic carbocycles. The zero-order valence-corrected chi connectivity index (χ0v) is 10.0. The third-order valence-corrected chi connectivity index (χ3v) is 2.28. The van der Waals surface area contributed by atoms with Gasteiger partial charge in [-0.15, -0.1) is 0 Å². The second-order valence-corrected chi connectivity index (χ2v) is 3.71. The van der Waals surface area contributed by atoms with Gasteiger partial charge in [0.05, 0.1) is 29.3 Å². The third kappa shape index (κ3) is 3.25. The molecule has 1 aromatic heterocycles. The fraction of sp³-hybridized carbons (Fsp3) is 0. The highest BCUT2D eigenvalue weighted by atomic mass is 19.1. The maximum atomic E-state index is 13.5. The second kappa shape index (κ2) is 5.74. The summed E-state index contributed by atoms with van der Waals surface area (Å²) in [6.45, 7) is 0. The van der Waals surface area contributed by atoms with Crippen molar-refractivity contribution in [2.24, 2.45) is 0 Å². The van der Waals surface area contributed by atoms with E-state index in [1.807, 2.05) is 0 Å². The number of hydrogen-bond acceptors (Lipinski definition) is 4. The molecule has 2 aromatic rings. The Kier molecular flexibility index (Phi) is 3.85. The van der Waals surface area contributed by atoms with Crippen molar-refractivity contribution in [2.75, 3.05) is 10.6 Å². The van der Waals surface area contributed by atoms with Crippen LogP contribution in [0.1, 0.15) is 10.4 Å². The van der Waals surface area contributed by atoms with Crippen LogP contribution in [0, 0.1) is 5.82 Å². The van der Waals surface area contributed by atoms with Gasteiger partial charge >= 0.3 is 12.0 Å². The summed E-state index contributed by atoms with van der Waals surface area (Å²) in [6, 6.07) is 2.36. The number of carbonyl (C=O) groups excluding carboxylic acids is 1. The summed E-state index contributed by atoms with van der Waals surface area (Å²) in [4.78, 5) is 29.8. The van der Waals surface area contributed by atoms with Crippen molar-refractivity contribution in [3.8, 4) is 0 Å². The first-order chi connectivity index (χ1) is 9.56. The van der Waals surface area contributed by atoms with Crippen LogP contribution in [0.4, 0.5) is 20.6 Å². The minimum absolute atomic E-state index is 0.134. The summed E-state index contributed by atoms with van der Waals surface area (Å²) in [6.07, 6.45) is 4.01. The van der Waals surface area contributed by atoms with E-state index in [0.717, 1.165) is 18.2 Å². The lowest BCUT2D eigenvalue weighted by molar-refractivity contribution is 0.0697. The molecular weight excluding hydrogens is 267 g/mol. The molecule has 0 atom stereocenters. The molecule has 0 aliphatic rings. The predicted octanol–water partition coefficient (Wildman–Crippen LogP) is 1.96. The normalized spacial score (nSPS) is 9.85. The topological polar surface area (TPSA) is 104 Å². The van der Waals surface area contributed by atoms with E-state index in [9.17, 15) is 14.0 Å². The zero-order chi connectivity index (χ0) is 14.5. The van der Waals surface area contributed by atoms with Crippen molar-refractivity contribution in [1.82, 2.24) is 9.97 Å². The van der Waals surface area contributed by atoms with Crippen LogP contribution in [0.25, 0.3) is 0 Å². The summed E-state index contributed by atoms with van der Waals surface area (Å²) < 4.78 is 13.5. The number of benzene rings is 1. The van der Waals surface area contributed by atoms with E-state index in [4.69, 9.17) is 5.11 Å². The molecule has 2 amide bonds. The number of carboxylic acids is 1. The Morgan fingerprint density at radius 2 is 1.85 bits per heavy atom. The second-order valence-electron chi connectivity index (χ2n) is 3.71. The van der Waals surface area contributed by atoms with E-state index in [1.54, 1.807) is 0 Å². The van der Waals surface area contributed by atoms with Crippen molar-refractivity contribution in [2.45, 2.75) is 0 Å². The Morgan fingerprint density at radius 1 is 1.15 bits per heavy atom. The van der Waals surface area contributed by atoms with Gasteiger partial charge in [0.1, 0.15) is 12.1 Å². The van der Waals surface area contributed by atoms with Crippen molar-refractivity contribution in [3.05, 3.63) is 48.3 Å². The van der Waals surface area contributed by atoms with Crippen LogP contribution in [0.15, 0.2) is 36.9 Å². The van der Waals surface area contributed by atoms with Crippen LogP contribution in [0.5, 0.6) is 0 Å². The smallest absolute Gasteiger partial charge is 0.335 e. The number of carboxylic acid groups (broad SMARTS) is 1. The van der Waals surface area contributed by atoms with Gasteiger partial charge in [-0.1, -0.05) is 0 Å². The van der Waals surface area contributed by atoms with E-state index in [-0.39, 0.29) is 11.3 Å². The fourth-order valence-electron chi connectivity index (χ4n) is 1.40. The van der Waals surface area contributed by atoms with Gasteiger partial charge in [-0.3, -0.25) is 0 Å². The average molecular weight is 276 g/mol. The highest BCUT2D eigenvalue weighted by Gasteiger charge is 2.11. The molecule has 0 spiro atoms. The number of nitrogens with one attached hydrogen (secondary N) is 2. The molecule has 0 radical (unpaired) electrons. The molecule has 0 fully saturated rings. The van der Waals surface area contributed by atoms with Crippen LogP contribution in [0.3, 0.4) is 0 Å².